The van der Waals surface area contributed by atoms with Gasteiger partial charge in [-0.15, -0.1) is 0 Å². The van der Waals surface area contributed by atoms with Gasteiger partial charge in [0.25, 0.3) is 5.91 Å². The van der Waals surface area contributed by atoms with E-state index in [0.29, 0.717) is 18.0 Å². The minimum atomic E-state index is -1.68. The number of amides is 1. The lowest BCUT2D eigenvalue weighted by molar-refractivity contribution is 0.102. The van der Waals surface area contributed by atoms with Crippen LogP contribution in [0.25, 0.3) is 10.9 Å². The number of anilines is 1. The van der Waals surface area contributed by atoms with Crippen LogP contribution in [-0.4, -0.2) is 10.5 Å². The lowest BCUT2D eigenvalue weighted by Crippen LogP contribution is -2.26. The molecule has 2 heterocycles. The molecule has 4 rings (SSSR count). The number of aryl methyl sites for hydroxylation is 2. The number of hydrogen-bond acceptors (Lipinski definition) is 2. The van der Waals surface area contributed by atoms with Gasteiger partial charge in [0.2, 0.25) is 5.43 Å². The van der Waals surface area contributed by atoms with E-state index in [1.54, 1.807) is 12.1 Å². The van der Waals surface area contributed by atoms with Crippen LogP contribution in [0.2, 0.25) is 0 Å². The van der Waals surface area contributed by atoms with Crippen molar-refractivity contribution in [2.75, 3.05) is 5.32 Å². The fraction of sp³-hybridized carbons (Fsp3) is 0.158. The maximum atomic E-state index is 13.8. The molecule has 1 aromatic heterocycles. The van der Waals surface area contributed by atoms with Crippen molar-refractivity contribution in [2.24, 2.45) is 0 Å². The molecular formula is C19H13F3N2O2. The Morgan fingerprint density at radius 1 is 1.08 bits per heavy atom. The molecule has 3 aromatic rings. The third-order valence-electron chi connectivity index (χ3n) is 4.55. The van der Waals surface area contributed by atoms with Crippen LogP contribution in [0.15, 0.2) is 41.3 Å². The maximum absolute atomic E-state index is 13.8. The second-order valence-corrected chi connectivity index (χ2v) is 6.16. The molecule has 0 radical (unpaired) electrons. The minimum Gasteiger partial charge on any atom is -0.346 e. The average molecular weight is 358 g/mol. The molecule has 1 aliphatic rings. The number of carbonyl (C=O) groups excluding carboxylic acids is 1. The summed E-state index contributed by atoms with van der Waals surface area (Å²) in [6.07, 6.45) is 3.15. The first-order chi connectivity index (χ1) is 12.5. The Morgan fingerprint density at radius 3 is 2.69 bits per heavy atom. The van der Waals surface area contributed by atoms with E-state index < -0.39 is 34.5 Å². The number of halogens is 3. The van der Waals surface area contributed by atoms with Crippen LogP contribution in [0.1, 0.15) is 22.3 Å². The zero-order chi connectivity index (χ0) is 18.4. The summed E-state index contributed by atoms with van der Waals surface area (Å²) >= 11 is 0. The summed E-state index contributed by atoms with van der Waals surface area (Å²) < 4.78 is 42.0. The quantitative estimate of drug-likeness (QED) is 0.712. The van der Waals surface area contributed by atoms with E-state index in [1.807, 2.05) is 10.6 Å². The fourth-order valence-corrected chi connectivity index (χ4v) is 3.33. The molecule has 1 amide bonds. The third kappa shape index (κ3) is 2.47. The summed E-state index contributed by atoms with van der Waals surface area (Å²) in [5.74, 6) is -5.43. The molecule has 0 saturated heterocycles. The molecular weight excluding hydrogens is 345 g/mol. The number of para-hydroxylation sites is 1. The summed E-state index contributed by atoms with van der Waals surface area (Å²) in [6.45, 7) is 0.646. The first kappa shape index (κ1) is 16.4. The highest BCUT2D eigenvalue weighted by atomic mass is 19.2. The van der Waals surface area contributed by atoms with Crippen molar-refractivity contribution in [3.63, 3.8) is 0 Å². The van der Waals surface area contributed by atoms with Crippen LogP contribution < -0.4 is 10.7 Å². The molecule has 0 spiro atoms. The largest absolute Gasteiger partial charge is 0.346 e. The van der Waals surface area contributed by atoms with E-state index in [1.165, 1.54) is 6.20 Å². The highest BCUT2D eigenvalue weighted by molar-refractivity contribution is 6.06. The Labute approximate surface area is 145 Å². The van der Waals surface area contributed by atoms with Gasteiger partial charge in [-0.3, -0.25) is 9.59 Å². The van der Waals surface area contributed by atoms with Crippen LogP contribution in [0.4, 0.5) is 18.9 Å². The predicted octanol–water partition coefficient (Wildman–Crippen LogP) is 3.62. The zero-order valence-corrected chi connectivity index (χ0v) is 13.5. The summed E-state index contributed by atoms with van der Waals surface area (Å²) in [5, 5.41) is 2.55. The number of benzene rings is 2. The van der Waals surface area contributed by atoms with Gasteiger partial charge in [0, 0.05) is 18.1 Å². The molecule has 0 unspecified atom stereocenters. The summed E-state index contributed by atoms with van der Waals surface area (Å²) in [7, 11) is 0. The fourth-order valence-electron chi connectivity index (χ4n) is 3.33. The predicted molar refractivity (Wildman–Crippen MR) is 90.8 cm³/mol. The van der Waals surface area contributed by atoms with Crippen LogP contribution in [0, 0.1) is 17.5 Å². The smallest absolute Gasteiger partial charge is 0.261 e. The Bertz CT molecular complexity index is 1120. The third-order valence-corrected chi connectivity index (χ3v) is 4.55. The van der Waals surface area contributed by atoms with Crippen molar-refractivity contribution < 1.29 is 18.0 Å². The molecule has 0 bridgehead atoms. The van der Waals surface area contributed by atoms with E-state index in [0.717, 1.165) is 30.0 Å². The van der Waals surface area contributed by atoms with Gasteiger partial charge in [-0.25, -0.2) is 13.2 Å². The number of nitrogens with zero attached hydrogens (tertiary/aromatic N) is 1. The van der Waals surface area contributed by atoms with Crippen molar-refractivity contribution in [1.82, 2.24) is 4.57 Å². The summed E-state index contributed by atoms with van der Waals surface area (Å²) in [4.78, 5) is 25.2. The van der Waals surface area contributed by atoms with Gasteiger partial charge in [0.15, 0.2) is 17.5 Å². The number of aromatic nitrogens is 1. The van der Waals surface area contributed by atoms with Crippen molar-refractivity contribution in [1.29, 1.82) is 0 Å². The second-order valence-electron chi connectivity index (χ2n) is 6.16. The summed E-state index contributed by atoms with van der Waals surface area (Å²) in [5.41, 5.74) is 0.630. The van der Waals surface area contributed by atoms with Crippen molar-refractivity contribution >= 4 is 22.5 Å². The molecule has 7 heteroatoms. The van der Waals surface area contributed by atoms with Crippen LogP contribution >= 0.6 is 0 Å². The van der Waals surface area contributed by atoms with E-state index in [-0.39, 0.29) is 5.56 Å². The molecule has 0 aliphatic carbocycles. The van der Waals surface area contributed by atoms with E-state index >= 15 is 0 Å². The topological polar surface area (TPSA) is 51.1 Å². The number of carbonyl (C=O) groups is 1. The van der Waals surface area contributed by atoms with Gasteiger partial charge in [-0.05, 0) is 36.6 Å². The molecule has 132 valence electrons. The van der Waals surface area contributed by atoms with Crippen LogP contribution in [0.3, 0.4) is 0 Å². The number of pyridine rings is 1. The average Bonchev–Trinajstić information content (AvgIpc) is 2.65. The van der Waals surface area contributed by atoms with Crippen LogP contribution in [-0.2, 0) is 13.0 Å². The standard InChI is InChI=1S/C19H13F3N2O2/c20-13-6-7-14(16(22)15(13)21)23-19(26)12-9-24-8-2-4-10-3-1-5-11(17(10)24)18(12)25/h1,3,5-7,9H,2,4,8H2,(H,23,26). The van der Waals surface area contributed by atoms with E-state index in [2.05, 4.69) is 5.32 Å². The molecule has 0 atom stereocenters. The first-order valence-corrected chi connectivity index (χ1v) is 8.07. The SMILES string of the molecule is O=C(Nc1ccc(F)c(F)c1F)c1cn2c3c(cccc3c1=O)CCC2. The Morgan fingerprint density at radius 2 is 1.88 bits per heavy atom. The molecule has 0 saturated carbocycles. The number of rotatable bonds is 2. The van der Waals surface area contributed by atoms with Crippen molar-refractivity contribution in [3.8, 4) is 0 Å². The monoisotopic (exact) mass is 358 g/mol. The maximum Gasteiger partial charge on any atom is 0.261 e. The normalized spacial score (nSPS) is 13.0. The summed E-state index contributed by atoms with van der Waals surface area (Å²) in [6, 6.07) is 6.95. The Balaban J connectivity index is 1.80. The second kappa shape index (κ2) is 6.01. The van der Waals surface area contributed by atoms with Gasteiger partial charge in [0.05, 0.1) is 11.2 Å². The van der Waals surface area contributed by atoms with Gasteiger partial charge < -0.3 is 9.88 Å². The lowest BCUT2D eigenvalue weighted by Gasteiger charge is -2.20. The highest BCUT2D eigenvalue weighted by Crippen LogP contribution is 2.24. The molecule has 0 fully saturated rings. The Hall–Kier alpha value is -3.09. The molecule has 4 nitrogen and oxygen atoms in total. The van der Waals surface area contributed by atoms with Gasteiger partial charge in [-0.2, -0.15) is 0 Å². The molecule has 1 aliphatic heterocycles. The van der Waals surface area contributed by atoms with E-state index in [4.69, 9.17) is 0 Å². The van der Waals surface area contributed by atoms with Gasteiger partial charge in [0.1, 0.15) is 5.56 Å². The zero-order valence-electron chi connectivity index (χ0n) is 13.5. The molecule has 2 aromatic carbocycles. The molecule has 1 N–H and O–H groups in total. The van der Waals surface area contributed by atoms with Crippen LogP contribution in [0.5, 0.6) is 0 Å². The van der Waals surface area contributed by atoms with Gasteiger partial charge in [-0.1, -0.05) is 12.1 Å². The molecule has 26 heavy (non-hydrogen) atoms. The first-order valence-electron chi connectivity index (χ1n) is 8.07. The number of hydrogen-bond donors (Lipinski definition) is 1. The highest BCUT2D eigenvalue weighted by Gasteiger charge is 2.21. The van der Waals surface area contributed by atoms with Crippen molar-refractivity contribution in [3.05, 3.63) is 75.3 Å². The van der Waals surface area contributed by atoms with E-state index in [9.17, 15) is 22.8 Å². The minimum absolute atomic E-state index is 0.180. The van der Waals surface area contributed by atoms with Gasteiger partial charge >= 0.3 is 0 Å². The van der Waals surface area contributed by atoms with Crippen molar-refractivity contribution in [2.45, 2.75) is 19.4 Å². The lowest BCUT2D eigenvalue weighted by atomic mass is 9.99. The Kier molecular flexibility index (Phi) is 3.79. The number of nitrogens with one attached hydrogen (secondary N) is 1.